The molecule has 2 rings (SSSR count). The van der Waals surface area contributed by atoms with Gasteiger partial charge in [0.05, 0.1) is 12.3 Å². The summed E-state index contributed by atoms with van der Waals surface area (Å²) in [4.78, 5) is 27.6. The topological polar surface area (TPSA) is 106 Å². The Hall–Kier alpha value is -2.81. The maximum Gasteiger partial charge on any atom is 0.328 e. The molecule has 9 heteroatoms. The first-order valence-corrected chi connectivity index (χ1v) is 7.59. The Balaban J connectivity index is 2.35. The summed E-state index contributed by atoms with van der Waals surface area (Å²) in [7, 11) is 1.33. The van der Waals surface area contributed by atoms with Crippen molar-refractivity contribution in [2.24, 2.45) is 0 Å². The van der Waals surface area contributed by atoms with Gasteiger partial charge in [-0.05, 0) is 18.2 Å². The number of aromatic nitrogens is 3. The summed E-state index contributed by atoms with van der Waals surface area (Å²) in [5.74, 6) is -2.26. The fourth-order valence-electron chi connectivity index (χ4n) is 2.16. The molecule has 0 aliphatic heterocycles. The van der Waals surface area contributed by atoms with Crippen LogP contribution in [-0.4, -0.2) is 51.5 Å². The van der Waals surface area contributed by atoms with E-state index in [2.05, 4.69) is 15.4 Å². The molecule has 1 heterocycles. The molecule has 0 fully saturated rings. The van der Waals surface area contributed by atoms with Crippen molar-refractivity contribution in [2.75, 3.05) is 13.7 Å². The van der Waals surface area contributed by atoms with Gasteiger partial charge in [-0.15, -0.1) is 5.10 Å². The molecule has 0 aliphatic rings. The Labute approximate surface area is 143 Å². The van der Waals surface area contributed by atoms with Crippen LogP contribution in [0.15, 0.2) is 24.3 Å². The Morgan fingerprint density at radius 1 is 1.40 bits per heavy atom. The molecule has 134 valence electrons. The van der Waals surface area contributed by atoms with Gasteiger partial charge in [0.25, 0.3) is 5.91 Å². The Kier molecular flexibility index (Phi) is 5.81. The smallest absolute Gasteiger partial charge is 0.328 e. The van der Waals surface area contributed by atoms with Crippen molar-refractivity contribution in [3.63, 3.8) is 0 Å². The number of carbonyl (C=O) groups excluding carboxylic acids is 1. The molecular formula is C16H19FN4O4. The fraction of sp³-hybridized carbons (Fsp3) is 0.375. The number of rotatable bonds is 7. The molecule has 1 unspecified atom stereocenters. The summed E-state index contributed by atoms with van der Waals surface area (Å²) < 4.78 is 19.6. The number of halogens is 1. The first kappa shape index (κ1) is 18.5. The third-order valence-corrected chi connectivity index (χ3v) is 3.34. The number of hydrogen-bond donors (Lipinski definition) is 2. The molecule has 8 nitrogen and oxygen atoms in total. The monoisotopic (exact) mass is 350 g/mol. The van der Waals surface area contributed by atoms with Crippen LogP contribution in [0.1, 0.15) is 36.2 Å². The molecule has 0 aliphatic carbocycles. The minimum atomic E-state index is -1.23. The van der Waals surface area contributed by atoms with Crippen molar-refractivity contribution in [2.45, 2.75) is 25.8 Å². The fourth-order valence-corrected chi connectivity index (χ4v) is 2.16. The number of carbonyl (C=O) groups is 2. The Bertz CT molecular complexity index is 775. The number of hydrogen-bond acceptors (Lipinski definition) is 5. The van der Waals surface area contributed by atoms with Crippen LogP contribution in [0.25, 0.3) is 5.69 Å². The third-order valence-electron chi connectivity index (χ3n) is 3.34. The van der Waals surface area contributed by atoms with Gasteiger partial charge in [0.1, 0.15) is 11.6 Å². The van der Waals surface area contributed by atoms with Crippen LogP contribution < -0.4 is 5.32 Å². The number of nitrogens with one attached hydrogen (secondary N) is 1. The second-order valence-corrected chi connectivity index (χ2v) is 5.66. The van der Waals surface area contributed by atoms with Gasteiger partial charge in [-0.3, -0.25) is 4.79 Å². The Morgan fingerprint density at radius 2 is 2.12 bits per heavy atom. The highest BCUT2D eigenvalue weighted by Gasteiger charge is 2.25. The van der Waals surface area contributed by atoms with E-state index >= 15 is 0 Å². The average molecular weight is 350 g/mol. The highest BCUT2D eigenvalue weighted by atomic mass is 19.1. The molecule has 1 amide bonds. The molecule has 1 aromatic carbocycles. The lowest BCUT2D eigenvalue weighted by Gasteiger charge is -2.11. The highest BCUT2D eigenvalue weighted by molar-refractivity contribution is 5.93. The zero-order chi connectivity index (χ0) is 18.6. The molecule has 25 heavy (non-hydrogen) atoms. The lowest BCUT2D eigenvalue weighted by molar-refractivity contribution is -0.140. The van der Waals surface area contributed by atoms with Gasteiger partial charge in [0.15, 0.2) is 6.04 Å². The first-order valence-electron chi connectivity index (χ1n) is 7.59. The van der Waals surface area contributed by atoms with Crippen molar-refractivity contribution >= 4 is 11.9 Å². The van der Waals surface area contributed by atoms with Gasteiger partial charge in [-0.2, -0.15) is 0 Å². The van der Waals surface area contributed by atoms with E-state index in [1.807, 2.05) is 13.8 Å². The summed E-state index contributed by atoms with van der Waals surface area (Å²) in [6.45, 7) is 3.52. The molecule has 0 radical (unpaired) electrons. The van der Waals surface area contributed by atoms with Crippen LogP contribution in [0, 0.1) is 5.82 Å². The molecule has 0 saturated carbocycles. The summed E-state index contributed by atoms with van der Waals surface area (Å²) in [5, 5.41) is 15.5. The third kappa shape index (κ3) is 4.38. The van der Waals surface area contributed by atoms with Gasteiger partial charge >= 0.3 is 5.97 Å². The van der Waals surface area contributed by atoms with E-state index in [4.69, 9.17) is 9.84 Å². The number of carboxylic acid groups (broad SMARTS) is 1. The standard InChI is InChI=1S/C16H19FN4O4/c1-9(2)14-19-13(15(22)18-12(8-25-3)16(23)24)20-21(14)11-6-4-5-10(17)7-11/h4-7,9,12H,8H2,1-3H3,(H,18,22)(H,23,24). The summed E-state index contributed by atoms with van der Waals surface area (Å²) in [5.41, 5.74) is 0.418. The van der Waals surface area contributed by atoms with Crippen LogP contribution in [0.4, 0.5) is 4.39 Å². The van der Waals surface area contributed by atoms with Crippen molar-refractivity contribution < 1.29 is 23.8 Å². The lowest BCUT2D eigenvalue weighted by Crippen LogP contribution is -2.44. The molecule has 1 aromatic heterocycles. The molecule has 0 spiro atoms. The van der Waals surface area contributed by atoms with E-state index in [0.29, 0.717) is 11.5 Å². The molecule has 2 N–H and O–H groups in total. The van der Waals surface area contributed by atoms with Crippen LogP contribution in [0.2, 0.25) is 0 Å². The highest BCUT2D eigenvalue weighted by Crippen LogP contribution is 2.18. The quantitative estimate of drug-likeness (QED) is 0.781. The Morgan fingerprint density at radius 3 is 2.68 bits per heavy atom. The number of amides is 1. The number of benzene rings is 1. The summed E-state index contributed by atoms with van der Waals surface area (Å²) >= 11 is 0. The van der Waals surface area contributed by atoms with E-state index in [9.17, 15) is 14.0 Å². The SMILES string of the molecule is COCC(NC(=O)c1nc(C(C)C)n(-c2cccc(F)c2)n1)C(=O)O. The predicted molar refractivity (Wildman–Crippen MR) is 86.2 cm³/mol. The zero-order valence-electron chi connectivity index (χ0n) is 14.1. The largest absolute Gasteiger partial charge is 0.480 e. The second kappa shape index (κ2) is 7.84. The van der Waals surface area contributed by atoms with Gasteiger partial charge in [0, 0.05) is 13.0 Å². The molecule has 0 saturated heterocycles. The van der Waals surface area contributed by atoms with E-state index in [1.54, 1.807) is 6.07 Å². The number of aliphatic carboxylic acids is 1. The van der Waals surface area contributed by atoms with Gasteiger partial charge < -0.3 is 15.2 Å². The zero-order valence-corrected chi connectivity index (χ0v) is 14.1. The summed E-state index contributed by atoms with van der Waals surface area (Å²) in [6, 6.07) is 4.51. The number of nitrogens with zero attached hydrogens (tertiary/aromatic N) is 3. The summed E-state index contributed by atoms with van der Waals surface area (Å²) in [6.07, 6.45) is 0. The van der Waals surface area contributed by atoms with Gasteiger partial charge in [-0.25, -0.2) is 18.9 Å². The van der Waals surface area contributed by atoms with Crippen LogP contribution >= 0.6 is 0 Å². The molecule has 1 atom stereocenters. The maximum atomic E-state index is 13.5. The first-order chi connectivity index (χ1) is 11.8. The van der Waals surface area contributed by atoms with Crippen molar-refractivity contribution in [3.05, 3.63) is 41.7 Å². The van der Waals surface area contributed by atoms with E-state index in [1.165, 1.54) is 30.0 Å². The second-order valence-electron chi connectivity index (χ2n) is 5.66. The number of methoxy groups -OCH3 is 1. The van der Waals surface area contributed by atoms with Gasteiger partial charge in [-0.1, -0.05) is 19.9 Å². The number of ether oxygens (including phenoxy) is 1. The minimum Gasteiger partial charge on any atom is -0.480 e. The molecule has 2 aromatic rings. The van der Waals surface area contributed by atoms with Gasteiger partial charge in [0.2, 0.25) is 5.82 Å². The van der Waals surface area contributed by atoms with Crippen molar-refractivity contribution in [1.29, 1.82) is 0 Å². The molecular weight excluding hydrogens is 331 g/mol. The predicted octanol–water partition coefficient (Wildman–Crippen LogP) is 1.36. The maximum absolute atomic E-state index is 13.5. The van der Waals surface area contributed by atoms with E-state index in [0.717, 1.165) is 0 Å². The van der Waals surface area contributed by atoms with Crippen molar-refractivity contribution in [1.82, 2.24) is 20.1 Å². The molecule has 0 bridgehead atoms. The average Bonchev–Trinajstić information content (AvgIpc) is 3.00. The van der Waals surface area contributed by atoms with Crippen LogP contribution in [0.3, 0.4) is 0 Å². The van der Waals surface area contributed by atoms with Crippen LogP contribution in [0.5, 0.6) is 0 Å². The van der Waals surface area contributed by atoms with E-state index in [-0.39, 0.29) is 18.3 Å². The van der Waals surface area contributed by atoms with E-state index < -0.39 is 23.7 Å². The minimum absolute atomic E-state index is 0.0911. The van der Waals surface area contributed by atoms with Crippen molar-refractivity contribution in [3.8, 4) is 5.69 Å². The lowest BCUT2D eigenvalue weighted by atomic mass is 10.2. The normalized spacial score (nSPS) is 12.2. The number of carboxylic acids is 1. The van der Waals surface area contributed by atoms with Crippen LogP contribution in [-0.2, 0) is 9.53 Å².